The van der Waals surface area contributed by atoms with Gasteiger partial charge in [0.25, 0.3) is 0 Å². The van der Waals surface area contributed by atoms with Crippen LogP contribution in [0.3, 0.4) is 0 Å². The summed E-state index contributed by atoms with van der Waals surface area (Å²) in [4.78, 5) is 1.89. The first kappa shape index (κ1) is 9.88. The summed E-state index contributed by atoms with van der Waals surface area (Å²) in [5.74, 6) is 0. The molecule has 0 spiro atoms. The molecule has 0 amide bonds. The third-order valence-corrected chi connectivity index (χ3v) is 1.14. The highest BCUT2D eigenvalue weighted by Gasteiger charge is 2.14. The fourth-order valence-electron chi connectivity index (χ4n) is 0.910. The average molecular weight is 147 g/mol. The maximum atomic E-state index is 9.29. The fourth-order valence-corrected chi connectivity index (χ4v) is 0.910. The molecule has 0 aromatic heterocycles. The highest BCUT2D eigenvalue weighted by Crippen LogP contribution is 2.01. The summed E-state index contributed by atoms with van der Waals surface area (Å²) in [7, 11) is 1.87. The van der Waals surface area contributed by atoms with Gasteiger partial charge in [0.1, 0.15) is 0 Å². The number of likely N-dealkylation sites (N-methyl/N-ethyl adjacent to an activating group) is 1. The Morgan fingerprint density at radius 1 is 1.40 bits per heavy atom. The Kier molecular flexibility index (Phi) is 3.86. The van der Waals surface area contributed by atoms with Crippen LogP contribution < -0.4 is 0 Å². The van der Waals surface area contributed by atoms with E-state index in [9.17, 15) is 5.11 Å². The van der Waals surface area contributed by atoms with E-state index in [1.54, 1.807) is 13.8 Å². The molecule has 3 nitrogen and oxygen atoms in total. The fraction of sp³-hybridized carbons (Fsp3) is 1.00. The zero-order valence-corrected chi connectivity index (χ0v) is 6.96. The first-order chi connectivity index (χ1) is 4.45. The first-order valence-electron chi connectivity index (χ1n) is 3.47. The topological polar surface area (TPSA) is 43.7 Å². The van der Waals surface area contributed by atoms with Crippen LogP contribution in [0.4, 0.5) is 0 Å². The van der Waals surface area contributed by atoms with Crippen molar-refractivity contribution in [2.45, 2.75) is 19.4 Å². The molecular weight excluding hydrogens is 130 g/mol. The maximum absolute atomic E-state index is 9.29. The minimum absolute atomic E-state index is 0.145. The summed E-state index contributed by atoms with van der Waals surface area (Å²) < 4.78 is 0. The van der Waals surface area contributed by atoms with Crippen molar-refractivity contribution < 1.29 is 10.2 Å². The molecule has 0 rings (SSSR count). The van der Waals surface area contributed by atoms with Crippen molar-refractivity contribution in [3.8, 4) is 0 Å². The van der Waals surface area contributed by atoms with Gasteiger partial charge in [-0.25, -0.2) is 0 Å². The molecule has 0 saturated heterocycles. The van der Waals surface area contributed by atoms with E-state index in [-0.39, 0.29) is 6.61 Å². The van der Waals surface area contributed by atoms with Gasteiger partial charge in [0.05, 0.1) is 12.2 Å². The minimum atomic E-state index is -0.663. The van der Waals surface area contributed by atoms with Crippen molar-refractivity contribution in [2.75, 3.05) is 26.7 Å². The monoisotopic (exact) mass is 147 g/mol. The molecule has 0 saturated carbocycles. The minimum Gasteiger partial charge on any atom is -0.395 e. The summed E-state index contributed by atoms with van der Waals surface area (Å²) in [5.41, 5.74) is -0.663. The Bertz CT molecular complexity index is 88.1. The van der Waals surface area contributed by atoms with Gasteiger partial charge in [0, 0.05) is 13.1 Å². The van der Waals surface area contributed by atoms with Gasteiger partial charge in [-0.05, 0) is 20.9 Å². The summed E-state index contributed by atoms with van der Waals surface area (Å²) >= 11 is 0. The lowest BCUT2D eigenvalue weighted by atomic mass is 10.1. The lowest BCUT2D eigenvalue weighted by molar-refractivity contribution is 0.0401. The second-order valence-corrected chi connectivity index (χ2v) is 3.27. The number of aliphatic hydroxyl groups excluding tert-OH is 1. The normalized spacial score (nSPS) is 12.6. The molecule has 0 atom stereocenters. The molecule has 0 unspecified atom stereocenters. The van der Waals surface area contributed by atoms with Gasteiger partial charge in [-0.15, -0.1) is 0 Å². The zero-order chi connectivity index (χ0) is 8.20. The molecule has 0 aliphatic heterocycles. The molecule has 0 aromatic rings. The second kappa shape index (κ2) is 3.91. The van der Waals surface area contributed by atoms with Crippen molar-refractivity contribution in [3.63, 3.8) is 0 Å². The molecule has 0 bridgehead atoms. The molecule has 10 heavy (non-hydrogen) atoms. The Hall–Kier alpha value is -0.120. The van der Waals surface area contributed by atoms with E-state index in [0.717, 1.165) is 0 Å². The predicted molar refractivity (Wildman–Crippen MR) is 40.9 cm³/mol. The molecule has 0 aliphatic rings. The first-order valence-corrected chi connectivity index (χ1v) is 3.47. The lowest BCUT2D eigenvalue weighted by Gasteiger charge is -2.24. The Balaban J connectivity index is 3.47. The van der Waals surface area contributed by atoms with Crippen LogP contribution in [0.5, 0.6) is 0 Å². The lowest BCUT2D eigenvalue weighted by Crippen LogP contribution is -2.37. The summed E-state index contributed by atoms with van der Waals surface area (Å²) in [6.45, 7) is 4.85. The number of hydrogen-bond donors (Lipinski definition) is 2. The Morgan fingerprint density at radius 3 is 2.20 bits per heavy atom. The van der Waals surface area contributed by atoms with Crippen molar-refractivity contribution in [2.24, 2.45) is 0 Å². The predicted octanol–water partition coefficient (Wildman–Crippen LogP) is -0.319. The van der Waals surface area contributed by atoms with E-state index in [4.69, 9.17) is 5.11 Å². The quantitative estimate of drug-likeness (QED) is 0.573. The SMILES string of the molecule is CN(CCO)CC(C)(C)O. The molecule has 0 aliphatic carbocycles. The van der Waals surface area contributed by atoms with E-state index in [0.29, 0.717) is 13.1 Å². The van der Waals surface area contributed by atoms with Crippen molar-refractivity contribution in [1.29, 1.82) is 0 Å². The van der Waals surface area contributed by atoms with Gasteiger partial charge in [0.15, 0.2) is 0 Å². The van der Waals surface area contributed by atoms with Crippen LogP contribution in [0.25, 0.3) is 0 Å². The summed E-state index contributed by atoms with van der Waals surface area (Å²) in [6.07, 6.45) is 0. The van der Waals surface area contributed by atoms with Crippen LogP contribution in [0.15, 0.2) is 0 Å². The smallest absolute Gasteiger partial charge is 0.0718 e. The van der Waals surface area contributed by atoms with E-state index >= 15 is 0 Å². The number of rotatable bonds is 4. The van der Waals surface area contributed by atoms with Crippen molar-refractivity contribution in [1.82, 2.24) is 4.90 Å². The van der Waals surface area contributed by atoms with Crippen LogP contribution in [-0.2, 0) is 0 Å². The number of aliphatic hydroxyl groups is 2. The number of hydrogen-bond acceptors (Lipinski definition) is 3. The average Bonchev–Trinajstić information content (AvgIpc) is 1.59. The molecule has 0 aromatic carbocycles. The van der Waals surface area contributed by atoms with Crippen LogP contribution in [0, 0.1) is 0 Å². The highest BCUT2D eigenvalue weighted by molar-refractivity contribution is 4.69. The van der Waals surface area contributed by atoms with Gasteiger partial charge >= 0.3 is 0 Å². The maximum Gasteiger partial charge on any atom is 0.0718 e. The number of nitrogens with zero attached hydrogens (tertiary/aromatic N) is 1. The van der Waals surface area contributed by atoms with E-state index < -0.39 is 5.60 Å². The molecule has 2 N–H and O–H groups in total. The van der Waals surface area contributed by atoms with Crippen LogP contribution in [0.1, 0.15) is 13.8 Å². The zero-order valence-electron chi connectivity index (χ0n) is 6.96. The van der Waals surface area contributed by atoms with Crippen molar-refractivity contribution >= 4 is 0 Å². The molecule has 3 heteroatoms. The van der Waals surface area contributed by atoms with Gasteiger partial charge < -0.3 is 15.1 Å². The highest BCUT2D eigenvalue weighted by atomic mass is 16.3. The van der Waals surface area contributed by atoms with Crippen LogP contribution >= 0.6 is 0 Å². The Morgan fingerprint density at radius 2 is 1.90 bits per heavy atom. The van der Waals surface area contributed by atoms with Gasteiger partial charge in [-0.3, -0.25) is 0 Å². The van der Waals surface area contributed by atoms with Gasteiger partial charge in [-0.1, -0.05) is 0 Å². The van der Waals surface area contributed by atoms with Crippen molar-refractivity contribution in [3.05, 3.63) is 0 Å². The summed E-state index contributed by atoms with van der Waals surface area (Å²) in [5, 5.41) is 17.8. The second-order valence-electron chi connectivity index (χ2n) is 3.27. The molecule has 0 radical (unpaired) electrons. The van der Waals surface area contributed by atoms with E-state index in [1.165, 1.54) is 0 Å². The third-order valence-electron chi connectivity index (χ3n) is 1.14. The third kappa shape index (κ3) is 6.01. The van der Waals surface area contributed by atoms with Crippen LogP contribution in [0.2, 0.25) is 0 Å². The summed E-state index contributed by atoms with van der Waals surface area (Å²) in [6, 6.07) is 0. The molecule has 0 heterocycles. The largest absolute Gasteiger partial charge is 0.395 e. The molecule has 0 fully saturated rings. The Labute approximate surface area is 62.3 Å². The standard InChI is InChI=1S/C7H17NO2/c1-7(2,10)6-8(3)4-5-9/h9-10H,4-6H2,1-3H3. The van der Waals surface area contributed by atoms with Crippen LogP contribution in [-0.4, -0.2) is 47.5 Å². The van der Waals surface area contributed by atoms with Gasteiger partial charge in [0.2, 0.25) is 0 Å². The molecular formula is C7H17NO2. The van der Waals surface area contributed by atoms with E-state index in [2.05, 4.69) is 0 Å². The van der Waals surface area contributed by atoms with E-state index in [1.807, 2.05) is 11.9 Å². The van der Waals surface area contributed by atoms with Gasteiger partial charge in [-0.2, -0.15) is 0 Å². The molecule has 62 valence electrons.